The van der Waals surface area contributed by atoms with Gasteiger partial charge in [-0.05, 0) is 30.3 Å². The Morgan fingerprint density at radius 1 is 1.04 bits per heavy atom. The van der Waals surface area contributed by atoms with Crippen molar-refractivity contribution in [2.24, 2.45) is 0 Å². The molecule has 0 aliphatic rings. The topological polar surface area (TPSA) is 113 Å². The Hall–Kier alpha value is -3.51. The number of benzene rings is 2. The maximum atomic E-state index is 10.7. The van der Waals surface area contributed by atoms with E-state index in [4.69, 9.17) is 9.47 Å². The number of thiol groups is 1. The standard InChI is InChI=1S/C18H16N4O4S/c1-25-16-7-14-15(8-17(16)26-2)20-10-11(9-19)18(14)21-12-3-5-13(6-4-12)22-27(23)24/h3-8,10,27H,1-2H3,(H,20,21)(H,22,23,24). The molecule has 0 saturated carbocycles. The molecule has 0 amide bonds. The summed E-state index contributed by atoms with van der Waals surface area (Å²) in [7, 11) is 0.348. The van der Waals surface area contributed by atoms with Gasteiger partial charge in [0.25, 0.3) is 0 Å². The van der Waals surface area contributed by atoms with Crippen molar-refractivity contribution in [2.75, 3.05) is 24.3 Å². The van der Waals surface area contributed by atoms with Crippen molar-refractivity contribution < 1.29 is 17.9 Å². The maximum Gasteiger partial charge on any atom is 0.222 e. The van der Waals surface area contributed by atoms with Crippen LogP contribution in [-0.2, 0) is 10.9 Å². The highest BCUT2D eigenvalue weighted by Crippen LogP contribution is 2.37. The van der Waals surface area contributed by atoms with Gasteiger partial charge in [-0.2, -0.15) is 5.26 Å². The fourth-order valence-electron chi connectivity index (χ4n) is 2.62. The van der Waals surface area contributed by atoms with E-state index in [1.165, 1.54) is 20.4 Å². The Bertz CT molecular complexity index is 1100. The molecular weight excluding hydrogens is 368 g/mol. The summed E-state index contributed by atoms with van der Waals surface area (Å²) in [6.07, 6.45) is 1.48. The van der Waals surface area contributed by atoms with Crippen LogP contribution in [0.1, 0.15) is 5.56 Å². The molecule has 138 valence electrons. The van der Waals surface area contributed by atoms with Gasteiger partial charge in [0.2, 0.25) is 10.9 Å². The first kappa shape index (κ1) is 18.3. The largest absolute Gasteiger partial charge is 0.493 e. The molecule has 0 unspecified atom stereocenters. The third-order valence-electron chi connectivity index (χ3n) is 3.87. The molecule has 2 N–H and O–H groups in total. The third-order valence-corrected chi connectivity index (χ3v) is 4.31. The lowest BCUT2D eigenvalue weighted by molar-refractivity contribution is 0.356. The zero-order valence-electron chi connectivity index (χ0n) is 14.5. The fraction of sp³-hybridized carbons (Fsp3) is 0.111. The first-order chi connectivity index (χ1) is 13.0. The molecule has 27 heavy (non-hydrogen) atoms. The molecule has 3 aromatic rings. The molecule has 0 radical (unpaired) electrons. The highest BCUT2D eigenvalue weighted by molar-refractivity contribution is 7.73. The van der Waals surface area contributed by atoms with Crippen LogP contribution in [0.2, 0.25) is 0 Å². The normalized spacial score (nSPS) is 10.4. The summed E-state index contributed by atoms with van der Waals surface area (Å²) in [6, 6.07) is 12.3. The van der Waals surface area contributed by atoms with Gasteiger partial charge in [-0.15, -0.1) is 0 Å². The third kappa shape index (κ3) is 3.86. The lowest BCUT2D eigenvalue weighted by atomic mass is 10.1. The van der Waals surface area contributed by atoms with Crippen molar-refractivity contribution in [2.45, 2.75) is 0 Å². The number of hydrogen-bond acceptors (Lipinski definition) is 7. The Morgan fingerprint density at radius 2 is 1.67 bits per heavy atom. The number of nitrogens with zero attached hydrogens (tertiary/aromatic N) is 2. The number of anilines is 3. The van der Waals surface area contributed by atoms with Gasteiger partial charge in [0.05, 0.1) is 31.0 Å². The van der Waals surface area contributed by atoms with Gasteiger partial charge in [0.15, 0.2) is 11.5 Å². The first-order valence-electron chi connectivity index (χ1n) is 7.78. The van der Waals surface area contributed by atoms with Gasteiger partial charge in [-0.3, -0.25) is 9.71 Å². The van der Waals surface area contributed by atoms with E-state index in [0.29, 0.717) is 45.0 Å². The molecule has 1 heterocycles. The Balaban J connectivity index is 2.07. The van der Waals surface area contributed by atoms with Crippen molar-refractivity contribution in [1.29, 1.82) is 5.26 Å². The maximum absolute atomic E-state index is 10.7. The van der Waals surface area contributed by atoms with Gasteiger partial charge in [-0.25, -0.2) is 8.42 Å². The van der Waals surface area contributed by atoms with E-state index in [1.807, 2.05) is 0 Å². The zero-order chi connectivity index (χ0) is 19.4. The number of rotatable bonds is 6. The summed E-state index contributed by atoms with van der Waals surface area (Å²) in [4.78, 5) is 4.31. The van der Waals surface area contributed by atoms with Crippen LogP contribution in [0.25, 0.3) is 10.9 Å². The molecule has 0 aliphatic carbocycles. The van der Waals surface area contributed by atoms with E-state index >= 15 is 0 Å². The molecule has 1 aromatic heterocycles. The summed E-state index contributed by atoms with van der Waals surface area (Å²) >= 11 is 0. The van der Waals surface area contributed by atoms with Gasteiger partial charge < -0.3 is 14.8 Å². The number of fused-ring (bicyclic) bond motifs is 1. The van der Waals surface area contributed by atoms with Crippen LogP contribution in [0.5, 0.6) is 11.5 Å². The molecule has 0 aliphatic heterocycles. The second-order valence-electron chi connectivity index (χ2n) is 5.45. The molecule has 0 fully saturated rings. The Morgan fingerprint density at radius 3 is 2.26 bits per heavy atom. The number of pyridine rings is 1. The summed E-state index contributed by atoms with van der Waals surface area (Å²) in [6.45, 7) is 0. The minimum Gasteiger partial charge on any atom is -0.493 e. The van der Waals surface area contributed by atoms with E-state index in [-0.39, 0.29) is 0 Å². The van der Waals surface area contributed by atoms with E-state index in [2.05, 4.69) is 21.1 Å². The fourth-order valence-corrected chi connectivity index (χ4v) is 2.98. The lowest BCUT2D eigenvalue weighted by Gasteiger charge is -2.14. The summed E-state index contributed by atoms with van der Waals surface area (Å²) in [5.41, 5.74) is 2.69. The van der Waals surface area contributed by atoms with Crippen molar-refractivity contribution in [3.63, 3.8) is 0 Å². The molecule has 2 aromatic carbocycles. The number of hydrogen-bond donors (Lipinski definition) is 3. The van der Waals surface area contributed by atoms with Crippen molar-refractivity contribution >= 4 is 38.9 Å². The minimum absolute atomic E-state index is 0.361. The van der Waals surface area contributed by atoms with E-state index in [9.17, 15) is 13.7 Å². The van der Waals surface area contributed by atoms with Crippen LogP contribution in [0, 0.1) is 11.3 Å². The SMILES string of the molecule is COc1cc2ncc(C#N)c(Nc3ccc(N[SH](=O)=O)cc3)c2cc1OC. The Labute approximate surface area is 157 Å². The molecule has 8 nitrogen and oxygen atoms in total. The quantitative estimate of drug-likeness (QED) is 0.560. The van der Waals surface area contributed by atoms with Gasteiger partial charge in [0.1, 0.15) is 6.07 Å². The van der Waals surface area contributed by atoms with Crippen molar-refractivity contribution in [3.8, 4) is 17.6 Å². The number of nitrogens with one attached hydrogen (secondary N) is 2. The number of nitriles is 1. The van der Waals surface area contributed by atoms with Gasteiger partial charge in [-0.1, -0.05) is 0 Å². The predicted molar refractivity (Wildman–Crippen MR) is 103 cm³/mol. The second kappa shape index (κ2) is 7.80. The summed E-state index contributed by atoms with van der Waals surface area (Å²) < 4.78 is 34.4. The summed E-state index contributed by atoms with van der Waals surface area (Å²) in [5.74, 6) is 1.05. The van der Waals surface area contributed by atoms with Crippen LogP contribution in [0.4, 0.5) is 17.1 Å². The summed E-state index contributed by atoms with van der Waals surface area (Å²) in [5, 5.41) is 13.4. The monoisotopic (exact) mass is 384 g/mol. The van der Waals surface area contributed by atoms with Gasteiger partial charge >= 0.3 is 0 Å². The lowest BCUT2D eigenvalue weighted by Crippen LogP contribution is -1.99. The molecule has 0 bridgehead atoms. The van der Waals surface area contributed by atoms with E-state index < -0.39 is 10.9 Å². The van der Waals surface area contributed by atoms with Crippen LogP contribution in [-0.4, -0.2) is 27.6 Å². The average Bonchev–Trinajstić information content (AvgIpc) is 2.68. The predicted octanol–water partition coefficient (Wildman–Crippen LogP) is 2.81. The van der Waals surface area contributed by atoms with E-state index in [0.717, 1.165) is 0 Å². The zero-order valence-corrected chi connectivity index (χ0v) is 15.4. The minimum atomic E-state index is -2.72. The van der Waals surface area contributed by atoms with Crippen molar-refractivity contribution in [1.82, 2.24) is 4.98 Å². The molecule has 0 atom stereocenters. The molecule has 3 rings (SSSR count). The molecular formula is C18H16N4O4S. The number of ether oxygens (including phenoxy) is 2. The number of aromatic nitrogens is 1. The average molecular weight is 384 g/mol. The molecule has 9 heteroatoms. The Kier molecular flexibility index (Phi) is 5.28. The van der Waals surface area contributed by atoms with Crippen LogP contribution >= 0.6 is 0 Å². The highest BCUT2D eigenvalue weighted by Gasteiger charge is 2.14. The molecule has 0 spiro atoms. The van der Waals surface area contributed by atoms with Gasteiger partial charge in [0, 0.05) is 29.0 Å². The van der Waals surface area contributed by atoms with Crippen LogP contribution < -0.4 is 19.5 Å². The smallest absolute Gasteiger partial charge is 0.222 e. The first-order valence-corrected chi connectivity index (χ1v) is 8.96. The van der Waals surface area contributed by atoms with Crippen molar-refractivity contribution in [3.05, 3.63) is 48.2 Å². The highest BCUT2D eigenvalue weighted by atomic mass is 32.2. The second-order valence-corrected chi connectivity index (χ2v) is 6.19. The molecule has 0 saturated heterocycles. The number of methoxy groups -OCH3 is 2. The van der Waals surface area contributed by atoms with E-state index in [1.54, 1.807) is 36.4 Å². The van der Waals surface area contributed by atoms with Crippen LogP contribution in [0.15, 0.2) is 42.6 Å². The van der Waals surface area contributed by atoms with Crippen LogP contribution in [0.3, 0.4) is 0 Å².